The van der Waals surface area contributed by atoms with E-state index in [1.165, 1.54) is 0 Å². The van der Waals surface area contributed by atoms with Crippen molar-refractivity contribution in [2.45, 2.75) is 44.3 Å². The number of rotatable bonds is 8. The van der Waals surface area contributed by atoms with Crippen LogP contribution < -0.4 is 10.6 Å². The summed E-state index contributed by atoms with van der Waals surface area (Å²) < 4.78 is 23.2. The average Bonchev–Trinajstić information content (AvgIpc) is 2.73. The van der Waals surface area contributed by atoms with E-state index < -0.39 is 21.1 Å². The van der Waals surface area contributed by atoms with Crippen LogP contribution in [0, 0.1) is 5.92 Å². The minimum Gasteiger partial charge on any atom is -0.481 e. The van der Waals surface area contributed by atoms with Gasteiger partial charge in [0.05, 0.1) is 11.0 Å². The highest BCUT2D eigenvalue weighted by Gasteiger charge is 2.31. The molecule has 0 aliphatic carbocycles. The topological polar surface area (TPSA) is 113 Å². The van der Waals surface area contributed by atoms with Gasteiger partial charge < -0.3 is 15.7 Å². The molecule has 1 fully saturated rings. The van der Waals surface area contributed by atoms with Crippen molar-refractivity contribution in [2.24, 2.45) is 5.92 Å². The molecule has 2 atom stereocenters. The predicted molar refractivity (Wildman–Crippen MR) is 78.9 cm³/mol. The number of hydrogen-bond donors (Lipinski definition) is 3. The summed E-state index contributed by atoms with van der Waals surface area (Å²) in [4.78, 5) is 22.0. The summed E-state index contributed by atoms with van der Waals surface area (Å²) in [6.07, 6.45) is 2.68. The predicted octanol–water partition coefficient (Wildman–Crippen LogP) is 0.754. The molecule has 1 saturated heterocycles. The van der Waals surface area contributed by atoms with Crippen LogP contribution in [0.1, 0.15) is 39.0 Å². The molecule has 122 valence electrons. The molecule has 2 unspecified atom stereocenters. The van der Waals surface area contributed by atoms with Gasteiger partial charge in [0.1, 0.15) is 0 Å². The van der Waals surface area contributed by atoms with E-state index in [1.54, 1.807) is 0 Å². The number of sulfone groups is 1. The number of carbonyl (C=O) groups is 2. The Morgan fingerprint density at radius 3 is 2.57 bits per heavy atom. The van der Waals surface area contributed by atoms with E-state index in [0.29, 0.717) is 32.2 Å². The SMILES string of the molecule is CC(CCNC(=O)NCC1CCCS1(=O)=O)CCC(=O)O. The third-order valence-corrected chi connectivity index (χ3v) is 6.00. The first kappa shape index (κ1) is 17.7. The molecular weight excluding hydrogens is 296 g/mol. The van der Waals surface area contributed by atoms with E-state index in [0.717, 1.165) is 0 Å². The first-order chi connectivity index (χ1) is 9.81. The van der Waals surface area contributed by atoms with Gasteiger partial charge in [0.15, 0.2) is 9.84 Å². The number of aliphatic carboxylic acids is 1. The highest BCUT2D eigenvalue weighted by Crippen LogP contribution is 2.18. The number of amides is 2. The molecule has 0 aromatic rings. The molecule has 1 heterocycles. The minimum atomic E-state index is -3.03. The fourth-order valence-electron chi connectivity index (χ4n) is 2.30. The van der Waals surface area contributed by atoms with Crippen molar-refractivity contribution >= 4 is 21.8 Å². The molecule has 0 radical (unpaired) electrons. The molecule has 7 nitrogen and oxygen atoms in total. The second-order valence-corrected chi connectivity index (χ2v) is 7.99. The summed E-state index contributed by atoms with van der Waals surface area (Å²) in [7, 11) is -3.03. The average molecular weight is 320 g/mol. The molecule has 0 aromatic carbocycles. The molecule has 0 saturated carbocycles. The molecule has 1 rings (SSSR count). The minimum absolute atomic E-state index is 0.132. The van der Waals surface area contributed by atoms with Crippen LogP contribution in [0.2, 0.25) is 0 Å². The summed E-state index contributed by atoms with van der Waals surface area (Å²) in [5.74, 6) is -0.385. The first-order valence-corrected chi connectivity index (χ1v) is 8.98. The summed E-state index contributed by atoms with van der Waals surface area (Å²) in [6, 6.07) is -0.373. The Hall–Kier alpha value is -1.31. The molecule has 0 spiro atoms. The normalized spacial score (nSPS) is 21.7. The number of carboxylic acids is 1. The summed E-state index contributed by atoms with van der Waals surface area (Å²) in [6.45, 7) is 2.54. The lowest BCUT2D eigenvalue weighted by Gasteiger charge is -2.13. The maximum Gasteiger partial charge on any atom is 0.314 e. The summed E-state index contributed by atoms with van der Waals surface area (Å²) >= 11 is 0. The maximum absolute atomic E-state index is 11.6. The Balaban J connectivity index is 2.13. The molecule has 8 heteroatoms. The van der Waals surface area contributed by atoms with Gasteiger partial charge in [-0.25, -0.2) is 13.2 Å². The van der Waals surface area contributed by atoms with E-state index in [1.807, 2.05) is 6.92 Å². The van der Waals surface area contributed by atoms with Crippen LogP contribution >= 0.6 is 0 Å². The van der Waals surface area contributed by atoms with E-state index in [2.05, 4.69) is 10.6 Å². The molecule has 0 bridgehead atoms. The van der Waals surface area contributed by atoms with Crippen LogP contribution in [0.25, 0.3) is 0 Å². The molecule has 0 aromatic heterocycles. The van der Waals surface area contributed by atoms with Gasteiger partial charge in [-0.1, -0.05) is 6.92 Å². The van der Waals surface area contributed by atoms with Gasteiger partial charge in [-0.15, -0.1) is 0 Å². The Kier molecular flexibility index (Phi) is 6.94. The van der Waals surface area contributed by atoms with E-state index >= 15 is 0 Å². The van der Waals surface area contributed by atoms with E-state index in [-0.39, 0.29) is 30.7 Å². The Labute approximate surface area is 125 Å². The van der Waals surface area contributed by atoms with Gasteiger partial charge in [-0.2, -0.15) is 0 Å². The van der Waals surface area contributed by atoms with E-state index in [9.17, 15) is 18.0 Å². The molecule has 2 amide bonds. The molecular formula is C13H24N2O5S. The Morgan fingerprint density at radius 1 is 1.29 bits per heavy atom. The zero-order valence-corrected chi connectivity index (χ0v) is 13.1. The fourth-order valence-corrected chi connectivity index (χ4v) is 4.07. The van der Waals surface area contributed by atoms with Crippen molar-refractivity contribution < 1.29 is 23.1 Å². The third kappa shape index (κ3) is 6.79. The monoisotopic (exact) mass is 320 g/mol. The number of urea groups is 1. The molecule has 1 aliphatic heterocycles. The van der Waals surface area contributed by atoms with Crippen LogP contribution in [-0.2, 0) is 14.6 Å². The Bertz CT molecular complexity index is 463. The fraction of sp³-hybridized carbons (Fsp3) is 0.846. The highest BCUT2D eigenvalue weighted by molar-refractivity contribution is 7.92. The second-order valence-electron chi connectivity index (χ2n) is 5.59. The smallest absolute Gasteiger partial charge is 0.314 e. The standard InChI is InChI=1S/C13H24N2O5S/c1-10(4-5-12(16)17)6-7-14-13(18)15-9-11-3-2-8-21(11,19)20/h10-11H,2-9H2,1H3,(H,16,17)(H2,14,15,18). The molecule has 21 heavy (non-hydrogen) atoms. The van der Waals surface area contributed by atoms with E-state index in [4.69, 9.17) is 5.11 Å². The zero-order chi connectivity index (χ0) is 15.9. The highest BCUT2D eigenvalue weighted by atomic mass is 32.2. The van der Waals surface area contributed by atoms with Gasteiger partial charge in [0, 0.05) is 19.5 Å². The molecule has 3 N–H and O–H groups in total. The van der Waals surface area contributed by atoms with Crippen molar-refractivity contribution in [3.63, 3.8) is 0 Å². The van der Waals surface area contributed by atoms with Crippen LogP contribution in [0.4, 0.5) is 4.79 Å². The van der Waals surface area contributed by atoms with Gasteiger partial charge in [0.25, 0.3) is 0 Å². The first-order valence-electron chi connectivity index (χ1n) is 7.26. The number of carboxylic acid groups (broad SMARTS) is 1. The quantitative estimate of drug-likeness (QED) is 0.611. The van der Waals surface area contributed by atoms with Crippen molar-refractivity contribution in [1.29, 1.82) is 0 Å². The number of hydrogen-bond acceptors (Lipinski definition) is 4. The number of nitrogens with one attached hydrogen (secondary N) is 2. The van der Waals surface area contributed by atoms with Gasteiger partial charge in [-0.3, -0.25) is 4.79 Å². The number of carbonyl (C=O) groups excluding carboxylic acids is 1. The van der Waals surface area contributed by atoms with Crippen molar-refractivity contribution in [1.82, 2.24) is 10.6 Å². The lowest BCUT2D eigenvalue weighted by molar-refractivity contribution is -0.137. The van der Waals surface area contributed by atoms with Gasteiger partial charge in [-0.05, 0) is 31.6 Å². The van der Waals surface area contributed by atoms with Crippen LogP contribution in [0.3, 0.4) is 0 Å². The largest absolute Gasteiger partial charge is 0.481 e. The van der Waals surface area contributed by atoms with Crippen LogP contribution in [0.15, 0.2) is 0 Å². The lowest BCUT2D eigenvalue weighted by Crippen LogP contribution is -2.41. The summed E-state index contributed by atoms with van der Waals surface area (Å²) in [5, 5.41) is 13.3. The zero-order valence-electron chi connectivity index (χ0n) is 12.3. The van der Waals surface area contributed by atoms with Gasteiger partial charge in [0.2, 0.25) is 0 Å². The van der Waals surface area contributed by atoms with Crippen LogP contribution in [-0.4, -0.2) is 49.6 Å². The van der Waals surface area contributed by atoms with Crippen molar-refractivity contribution in [2.75, 3.05) is 18.8 Å². The summed E-state index contributed by atoms with van der Waals surface area (Å²) in [5.41, 5.74) is 0. The van der Waals surface area contributed by atoms with Crippen molar-refractivity contribution in [3.8, 4) is 0 Å². The molecule has 1 aliphatic rings. The van der Waals surface area contributed by atoms with Crippen LogP contribution in [0.5, 0.6) is 0 Å². The maximum atomic E-state index is 11.6. The lowest BCUT2D eigenvalue weighted by atomic mass is 10.0. The Morgan fingerprint density at radius 2 is 2.00 bits per heavy atom. The second kappa shape index (κ2) is 8.21. The van der Waals surface area contributed by atoms with Gasteiger partial charge >= 0.3 is 12.0 Å². The third-order valence-electron chi connectivity index (χ3n) is 3.73. The van der Waals surface area contributed by atoms with Crippen molar-refractivity contribution in [3.05, 3.63) is 0 Å².